The zero-order valence-electron chi connectivity index (χ0n) is 8.94. The predicted molar refractivity (Wildman–Crippen MR) is 60.8 cm³/mol. The Bertz CT molecular complexity index is 494. The number of aromatic hydroxyl groups is 1. The van der Waals surface area contributed by atoms with Crippen molar-refractivity contribution in [3.63, 3.8) is 0 Å². The first-order valence-corrected chi connectivity index (χ1v) is 4.99. The van der Waals surface area contributed by atoms with Gasteiger partial charge in [0, 0.05) is 30.7 Å². The Morgan fingerprint density at radius 3 is 2.81 bits per heavy atom. The summed E-state index contributed by atoms with van der Waals surface area (Å²) in [5.41, 5.74) is 1.75. The fraction of sp³-hybridized carbons (Fsp3) is 0.167. The molecule has 84 valence electrons. The minimum atomic E-state index is -0.614. The summed E-state index contributed by atoms with van der Waals surface area (Å²) in [6.07, 6.45) is 1.95. The minimum Gasteiger partial charge on any atom is -0.505 e. The van der Waals surface area contributed by atoms with Crippen LogP contribution < -0.4 is 5.32 Å². The molecule has 0 aliphatic rings. The van der Waals surface area contributed by atoms with Crippen LogP contribution >= 0.6 is 0 Å². The molecule has 0 radical (unpaired) electrons. The second kappa shape index (κ2) is 4.26. The first-order chi connectivity index (χ1) is 7.66. The number of phenolic OH excluding ortho intramolecular Hbond substituents is 1. The highest BCUT2D eigenvalue weighted by Crippen LogP contribution is 2.19. The molecule has 0 bridgehead atoms. The number of rotatable bonds is 3. The number of aromatic nitrogens is 1. The lowest BCUT2D eigenvalue weighted by atomic mass is 10.3. The van der Waals surface area contributed by atoms with E-state index in [9.17, 15) is 4.39 Å². The second-order valence-corrected chi connectivity index (χ2v) is 3.63. The summed E-state index contributed by atoms with van der Waals surface area (Å²) >= 11 is 0. The van der Waals surface area contributed by atoms with Gasteiger partial charge in [0.25, 0.3) is 0 Å². The van der Waals surface area contributed by atoms with E-state index < -0.39 is 5.82 Å². The van der Waals surface area contributed by atoms with Crippen molar-refractivity contribution >= 4 is 5.69 Å². The van der Waals surface area contributed by atoms with Crippen LogP contribution in [0, 0.1) is 5.82 Å². The third kappa shape index (κ3) is 2.16. The number of anilines is 1. The molecule has 16 heavy (non-hydrogen) atoms. The van der Waals surface area contributed by atoms with Crippen LogP contribution in [-0.2, 0) is 13.6 Å². The quantitative estimate of drug-likeness (QED) is 0.780. The lowest BCUT2D eigenvalue weighted by Crippen LogP contribution is -2.03. The lowest BCUT2D eigenvalue weighted by Gasteiger charge is -2.07. The second-order valence-electron chi connectivity index (χ2n) is 3.63. The average molecular weight is 220 g/mol. The average Bonchev–Trinajstić information content (AvgIpc) is 2.66. The molecule has 1 aromatic heterocycles. The van der Waals surface area contributed by atoms with Crippen LogP contribution in [0.1, 0.15) is 5.69 Å². The van der Waals surface area contributed by atoms with Gasteiger partial charge in [-0.05, 0) is 24.3 Å². The summed E-state index contributed by atoms with van der Waals surface area (Å²) in [7, 11) is 1.95. The standard InChI is InChI=1S/C12H13FN2O/c1-15-6-2-3-10(15)8-14-9-4-5-12(16)11(13)7-9/h2-7,14,16H,8H2,1H3. The molecule has 0 saturated carbocycles. The molecule has 1 aromatic carbocycles. The third-order valence-corrected chi connectivity index (χ3v) is 2.47. The summed E-state index contributed by atoms with van der Waals surface area (Å²) in [5.74, 6) is -0.943. The number of aryl methyl sites for hydroxylation is 1. The van der Waals surface area contributed by atoms with Crippen LogP contribution in [0.4, 0.5) is 10.1 Å². The highest BCUT2D eigenvalue weighted by molar-refractivity contribution is 5.47. The fourth-order valence-electron chi connectivity index (χ4n) is 1.49. The number of hydrogen-bond donors (Lipinski definition) is 2. The highest BCUT2D eigenvalue weighted by atomic mass is 19.1. The normalized spacial score (nSPS) is 10.4. The molecule has 0 unspecified atom stereocenters. The van der Waals surface area contributed by atoms with Gasteiger partial charge in [-0.2, -0.15) is 0 Å². The predicted octanol–water partition coefficient (Wildman–Crippen LogP) is 2.48. The van der Waals surface area contributed by atoms with E-state index in [1.54, 1.807) is 6.07 Å². The lowest BCUT2D eigenvalue weighted by molar-refractivity contribution is 0.432. The van der Waals surface area contributed by atoms with Crippen molar-refractivity contribution in [2.45, 2.75) is 6.54 Å². The first-order valence-electron chi connectivity index (χ1n) is 4.99. The van der Waals surface area contributed by atoms with Gasteiger partial charge in [0.05, 0.1) is 6.54 Å². The van der Waals surface area contributed by atoms with Crippen LogP contribution in [0.3, 0.4) is 0 Å². The molecule has 0 spiro atoms. The van der Waals surface area contributed by atoms with E-state index in [4.69, 9.17) is 5.11 Å². The van der Waals surface area contributed by atoms with E-state index in [2.05, 4.69) is 5.32 Å². The van der Waals surface area contributed by atoms with Crippen molar-refractivity contribution in [1.82, 2.24) is 4.57 Å². The van der Waals surface area contributed by atoms with E-state index in [1.807, 2.05) is 29.9 Å². The SMILES string of the molecule is Cn1cccc1CNc1ccc(O)c(F)c1. The monoisotopic (exact) mass is 220 g/mol. The Balaban J connectivity index is 2.05. The number of benzene rings is 1. The number of nitrogens with one attached hydrogen (secondary N) is 1. The van der Waals surface area contributed by atoms with Crippen LogP contribution in [0.2, 0.25) is 0 Å². The van der Waals surface area contributed by atoms with Crippen LogP contribution in [0.25, 0.3) is 0 Å². The van der Waals surface area contributed by atoms with Gasteiger partial charge >= 0.3 is 0 Å². The van der Waals surface area contributed by atoms with Crippen molar-refractivity contribution < 1.29 is 9.50 Å². The molecule has 0 amide bonds. The molecule has 0 saturated heterocycles. The minimum absolute atomic E-state index is 0.329. The summed E-state index contributed by atoms with van der Waals surface area (Å²) in [5, 5.41) is 12.1. The zero-order valence-corrected chi connectivity index (χ0v) is 8.94. The Labute approximate surface area is 93.1 Å². The van der Waals surface area contributed by atoms with Crippen molar-refractivity contribution in [1.29, 1.82) is 0 Å². The molecule has 2 rings (SSSR count). The number of halogens is 1. The summed E-state index contributed by atoms with van der Waals surface area (Å²) < 4.78 is 15.0. The van der Waals surface area contributed by atoms with Gasteiger partial charge in [-0.3, -0.25) is 0 Å². The molecule has 2 aromatic rings. The maximum atomic E-state index is 13.0. The smallest absolute Gasteiger partial charge is 0.166 e. The van der Waals surface area contributed by atoms with Crippen LogP contribution in [0.5, 0.6) is 5.75 Å². The van der Waals surface area contributed by atoms with Gasteiger partial charge in [-0.15, -0.1) is 0 Å². The van der Waals surface area contributed by atoms with Gasteiger partial charge in [0.15, 0.2) is 11.6 Å². The molecular formula is C12H13FN2O. The van der Waals surface area contributed by atoms with Gasteiger partial charge in [-0.25, -0.2) is 4.39 Å². The van der Waals surface area contributed by atoms with Gasteiger partial charge in [-0.1, -0.05) is 0 Å². The van der Waals surface area contributed by atoms with E-state index in [0.717, 1.165) is 5.69 Å². The number of hydrogen-bond acceptors (Lipinski definition) is 2. The molecule has 1 heterocycles. The molecular weight excluding hydrogens is 207 g/mol. The van der Waals surface area contributed by atoms with E-state index >= 15 is 0 Å². The third-order valence-electron chi connectivity index (χ3n) is 2.47. The van der Waals surface area contributed by atoms with E-state index in [1.165, 1.54) is 12.1 Å². The van der Waals surface area contributed by atoms with Crippen molar-refractivity contribution in [3.05, 3.63) is 48.0 Å². The molecule has 2 N–H and O–H groups in total. The Morgan fingerprint density at radius 2 is 2.19 bits per heavy atom. The Morgan fingerprint density at radius 1 is 1.38 bits per heavy atom. The topological polar surface area (TPSA) is 37.2 Å². The number of nitrogens with zero attached hydrogens (tertiary/aromatic N) is 1. The van der Waals surface area contributed by atoms with Gasteiger partial charge in [0.2, 0.25) is 0 Å². The molecule has 0 atom stereocenters. The number of phenols is 1. The summed E-state index contributed by atoms with van der Waals surface area (Å²) in [6.45, 7) is 0.619. The highest BCUT2D eigenvalue weighted by Gasteiger charge is 2.02. The van der Waals surface area contributed by atoms with Gasteiger partial charge < -0.3 is 15.0 Å². The fourth-order valence-corrected chi connectivity index (χ4v) is 1.49. The van der Waals surface area contributed by atoms with Crippen molar-refractivity contribution in [2.24, 2.45) is 7.05 Å². The zero-order chi connectivity index (χ0) is 11.5. The molecule has 3 nitrogen and oxygen atoms in total. The Kier molecular flexibility index (Phi) is 2.81. The van der Waals surface area contributed by atoms with Crippen molar-refractivity contribution in [3.8, 4) is 5.75 Å². The first kappa shape index (κ1) is 10.5. The molecule has 0 aliphatic carbocycles. The summed E-state index contributed by atoms with van der Waals surface area (Å²) in [6, 6.07) is 8.19. The maximum absolute atomic E-state index is 13.0. The molecule has 4 heteroatoms. The maximum Gasteiger partial charge on any atom is 0.166 e. The van der Waals surface area contributed by atoms with Crippen molar-refractivity contribution in [2.75, 3.05) is 5.32 Å². The van der Waals surface area contributed by atoms with E-state index in [0.29, 0.717) is 12.2 Å². The van der Waals surface area contributed by atoms with Crippen LogP contribution in [0.15, 0.2) is 36.5 Å². The molecule has 0 aliphatic heterocycles. The van der Waals surface area contributed by atoms with Gasteiger partial charge in [0.1, 0.15) is 0 Å². The summed E-state index contributed by atoms with van der Waals surface area (Å²) in [4.78, 5) is 0. The Hall–Kier alpha value is -1.97. The largest absolute Gasteiger partial charge is 0.505 e. The molecule has 0 fully saturated rings. The van der Waals surface area contributed by atoms with E-state index in [-0.39, 0.29) is 5.75 Å². The van der Waals surface area contributed by atoms with Crippen LogP contribution in [-0.4, -0.2) is 9.67 Å².